The van der Waals surface area contributed by atoms with E-state index in [1.807, 2.05) is 23.1 Å². The number of fused-ring (bicyclic) bond motifs is 1. The number of morpholine rings is 1. The van der Waals surface area contributed by atoms with Crippen molar-refractivity contribution in [3.63, 3.8) is 0 Å². The lowest BCUT2D eigenvalue weighted by molar-refractivity contribution is -0.0656. The van der Waals surface area contributed by atoms with E-state index in [1.54, 1.807) is 7.11 Å². The number of aromatic nitrogens is 1. The van der Waals surface area contributed by atoms with Gasteiger partial charge in [-0.25, -0.2) is 9.78 Å². The Morgan fingerprint density at radius 2 is 1.87 bits per heavy atom. The number of rotatable bonds is 5. The highest BCUT2D eigenvalue weighted by atomic mass is 35.5. The summed E-state index contributed by atoms with van der Waals surface area (Å²) >= 11 is 7.65. The molecule has 1 atom stereocenters. The molecule has 0 saturated carbocycles. The van der Waals surface area contributed by atoms with Gasteiger partial charge < -0.3 is 24.0 Å². The number of urea groups is 1. The molecule has 1 aromatic heterocycles. The maximum absolute atomic E-state index is 13.3. The van der Waals surface area contributed by atoms with Crippen molar-refractivity contribution < 1.29 is 19.0 Å². The van der Waals surface area contributed by atoms with E-state index in [1.165, 1.54) is 16.9 Å². The zero-order valence-corrected chi connectivity index (χ0v) is 23.2. The average Bonchev–Trinajstić information content (AvgIpc) is 3.62. The van der Waals surface area contributed by atoms with Crippen molar-refractivity contribution in [1.29, 1.82) is 0 Å². The number of ether oxygens (including phenoxy) is 3. The van der Waals surface area contributed by atoms with Crippen LogP contribution >= 0.6 is 22.9 Å². The van der Waals surface area contributed by atoms with Crippen LogP contribution in [-0.2, 0) is 15.1 Å². The van der Waals surface area contributed by atoms with Crippen molar-refractivity contribution in [2.24, 2.45) is 5.92 Å². The van der Waals surface area contributed by atoms with Crippen LogP contribution in [0.15, 0.2) is 36.4 Å². The summed E-state index contributed by atoms with van der Waals surface area (Å²) in [6.45, 7) is 5.21. The molecule has 1 unspecified atom stereocenters. The van der Waals surface area contributed by atoms with E-state index in [-0.39, 0.29) is 11.6 Å². The fourth-order valence-corrected chi connectivity index (χ4v) is 7.28. The fourth-order valence-electron chi connectivity index (χ4n) is 6.14. The predicted octanol–water partition coefficient (Wildman–Crippen LogP) is 5.74. The Morgan fingerprint density at radius 3 is 2.55 bits per heavy atom. The Hall–Kier alpha value is -2.59. The molecular weight excluding hydrogens is 524 g/mol. The summed E-state index contributed by atoms with van der Waals surface area (Å²) in [6.07, 6.45) is 3.84. The molecule has 0 radical (unpaired) electrons. The van der Waals surface area contributed by atoms with Gasteiger partial charge in [0.25, 0.3) is 0 Å². The monoisotopic (exact) mass is 556 g/mol. The highest BCUT2D eigenvalue weighted by Crippen LogP contribution is 2.47. The molecule has 6 rings (SSSR count). The third-order valence-corrected chi connectivity index (χ3v) is 9.34. The number of hydrogen-bond acceptors (Lipinski definition) is 7. The third-order valence-electron chi connectivity index (χ3n) is 8.10. The van der Waals surface area contributed by atoms with E-state index in [4.69, 9.17) is 30.8 Å². The molecule has 3 aliphatic rings. The Kier molecular flexibility index (Phi) is 7.35. The second-order valence-corrected chi connectivity index (χ2v) is 11.6. The summed E-state index contributed by atoms with van der Waals surface area (Å²) in [4.78, 5) is 22.2. The molecule has 8 nitrogen and oxygen atoms in total. The first-order valence-electron chi connectivity index (χ1n) is 13.3. The lowest BCUT2D eigenvalue weighted by Crippen LogP contribution is -2.46. The molecule has 202 valence electrons. The van der Waals surface area contributed by atoms with Gasteiger partial charge in [0.15, 0.2) is 5.13 Å². The number of amides is 2. The Balaban J connectivity index is 1.15. The zero-order valence-electron chi connectivity index (χ0n) is 21.6. The number of benzene rings is 2. The normalized spacial score (nSPS) is 22.7. The summed E-state index contributed by atoms with van der Waals surface area (Å²) in [6, 6.07) is 12.0. The second kappa shape index (κ2) is 10.9. The van der Waals surface area contributed by atoms with Crippen LogP contribution in [0.5, 0.6) is 5.75 Å². The van der Waals surface area contributed by atoms with Crippen LogP contribution in [0.1, 0.15) is 31.2 Å². The number of thiazole rings is 1. The van der Waals surface area contributed by atoms with Crippen LogP contribution in [-0.4, -0.2) is 69.0 Å². The molecule has 10 heteroatoms. The lowest BCUT2D eigenvalue weighted by atomic mass is 9.74. The van der Waals surface area contributed by atoms with Crippen molar-refractivity contribution in [1.82, 2.24) is 9.88 Å². The van der Waals surface area contributed by atoms with Crippen LogP contribution in [0.4, 0.5) is 15.6 Å². The van der Waals surface area contributed by atoms with E-state index in [9.17, 15) is 4.79 Å². The number of halogens is 1. The van der Waals surface area contributed by atoms with Gasteiger partial charge in [-0.15, -0.1) is 0 Å². The molecule has 2 aromatic carbocycles. The molecule has 38 heavy (non-hydrogen) atoms. The minimum atomic E-state index is -0.285. The number of methoxy groups -OCH3 is 1. The summed E-state index contributed by atoms with van der Waals surface area (Å²) in [5.41, 5.74) is 2.79. The summed E-state index contributed by atoms with van der Waals surface area (Å²) in [5, 5.41) is 4.38. The largest absolute Gasteiger partial charge is 0.494 e. The van der Waals surface area contributed by atoms with E-state index in [0.717, 1.165) is 66.3 Å². The molecular formula is C28H33ClN4O4S. The molecule has 2 amide bonds. The van der Waals surface area contributed by atoms with Gasteiger partial charge in [-0.1, -0.05) is 35.1 Å². The predicted molar refractivity (Wildman–Crippen MR) is 151 cm³/mol. The molecule has 0 bridgehead atoms. The van der Waals surface area contributed by atoms with Crippen LogP contribution in [0.2, 0.25) is 5.02 Å². The van der Waals surface area contributed by atoms with E-state index < -0.39 is 0 Å². The third kappa shape index (κ3) is 4.81. The smallest absolute Gasteiger partial charge is 0.323 e. The van der Waals surface area contributed by atoms with Gasteiger partial charge in [0.1, 0.15) is 11.3 Å². The van der Waals surface area contributed by atoms with E-state index in [2.05, 4.69) is 28.4 Å². The van der Waals surface area contributed by atoms with Crippen molar-refractivity contribution in [3.8, 4) is 5.75 Å². The SMILES string of the molecule is COc1ccc(N2CCOCC2)c2sc(NC(=O)N3CCC(C4(c5ccc(Cl)cc5)CCCO4)CC3)nc12. The van der Waals surface area contributed by atoms with Crippen LogP contribution < -0.4 is 15.0 Å². The van der Waals surface area contributed by atoms with E-state index in [0.29, 0.717) is 43.1 Å². The second-order valence-electron chi connectivity index (χ2n) is 10.1. The Morgan fingerprint density at radius 1 is 1.11 bits per heavy atom. The first-order chi connectivity index (χ1) is 18.6. The van der Waals surface area contributed by atoms with Gasteiger partial charge in [-0.3, -0.25) is 5.32 Å². The van der Waals surface area contributed by atoms with Gasteiger partial charge >= 0.3 is 6.03 Å². The quantitative estimate of drug-likeness (QED) is 0.431. The van der Waals surface area contributed by atoms with Crippen molar-refractivity contribution >= 4 is 50.0 Å². The number of piperidine rings is 1. The Labute approximate surface area is 231 Å². The molecule has 4 heterocycles. The van der Waals surface area contributed by atoms with Gasteiger partial charge in [-0.05, 0) is 61.4 Å². The number of carbonyl (C=O) groups is 1. The molecule has 1 N–H and O–H groups in total. The lowest BCUT2D eigenvalue weighted by Gasteiger charge is -2.42. The summed E-state index contributed by atoms with van der Waals surface area (Å²) in [7, 11) is 1.65. The highest BCUT2D eigenvalue weighted by molar-refractivity contribution is 7.23. The maximum Gasteiger partial charge on any atom is 0.323 e. The molecule has 3 saturated heterocycles. The number of carbonyl (C=O) groups excluding carboxylic acids is 1. The molecule has 3 aromatic rings. The fraction of sp³-hybridized carbons (Fsp3) is 0.500. The number of hydrogen-bond donors (Lipinski definition) is 1. The van der Waals surface area contributed by atoms with Gasteiger partial charge in [0.05, 0.1) is 36.3 Å². The number of anilines is 2. The van der Waals surface area contributed by atoms with Crippen LogP contribution in [0.3, 0.4) is 0 Å². The van der Waals surface area contributed by atoms with Gasteiger partial charge in [0.2, 0.25) is 0 Å². The molecule has 3 aliphatic heterocycles. The van der Waals surface area contributed by atoms with E-state index >= 15 is 0 Å². The number of nitrogens with one attached hydrogen (secondary N) is 1. The zero-order chi connectivity index (χ0) is 26.1. The minimum Gasteiger partial charge on any atom is -0.494 e. The first kappa shape index (κ1) is 25.7. The molecule has 3 fully saturated rings. The van der Waals surface area contributed by atoms with Crippen LogP contribution in [0.25, 0.3) is 10.2 Å². The molecule has 0 aliphatic carbocycles. The topological polar surface area (TPSA) is 76.2 Å². The Bertz CT molecular complexity index is 1280. The highest BCUT2D eigenvalue weighted by Gasteiger charge is 2.45. The first-order valence-corrected chi connectivity index (χ1v) is 14.5. The average molecular weight is 557 g/mol. The standard InChI is InChI=1S/C28H33ClN4O4S/c1-35-23-8-7-22(32-14-17-36-18-15-32)25-24(23)30-26(38-25)31-27(34)33-12-9-20(10-13-33)28(11-2-16-37-28)19-3-5-21(29)6-4-19/h3-8,20H,2,9-18H2,1H3,(H,30,31,34). The summed E-state index contributed by atoms with van der Waals surface area (Å²) < 4.78 is 18.5. The van der Waals surface area contributed by atoms with Crippen LogP contribution in [0, 0.1) is 5.92 Å². The van der Waals surface area contributed by atoms with Crippen molar-refractivity contribution in [2.75, 3.05) is 63.3 Å². The molecule has 0 spiro atoms. The number of likely N-dealkylation sites (tertiary alicyclic amines) is 1. The van der Waals surface area contributed by atoms with Crippen molar-refractivity contribution in [3.05, 3.63) is 47.0 Å². The summed E-state index contributed by atoms with van der Waals surface area (Å²) in [5.74, 6) is 1.07. The van der Waals surface area contributed by atoms with Crippen molar-refractivity contribution in [2.45, 2.75) is 31.3 Å². The number of nitrogens with zero attached hydrogens (tertiary/aromatic N) is 3. The maximum atomic E-state index is 13.3. The van der Waals surface area contributed by atoms with Gasteiger partial charge in [-0.2, -0.15) is 0 Å². The minimum absolute atomic E-state index is 0.109. The van der Waals surface area contributed by atoms with Gasteiger partial charge in [0, 0.05) is 37.8 Å².